The Morgan fingerprint density at radius 3 is 1.18 bits per heavy atom. The van der Waals surface area contributed by atoms with Crippen molar-refractivity contribution in [1.82, 2.24) is 0 Å². The van der Waals surface area contributed by atoms with Gasteiger partial charge in [-0.05, 0) is 97.2 Å². The SMILES string of the molecule is CCCCCCNc1ccc2c(c1)C(c1ccccc1)[C@@H](O)[C@](CC)(CCCC)CS2(=O)=O.CCCCCCNc1ccc2c(c1)[C@H](c1ccccc1)[C@H](O)[C@](CC)(CCCC)CS2(=O)=O. The molecule has 0 fully saturated rings. The Bertz CT molecular complexity index is 2140. The first-order chi connectivity index (χ1) is 31.8. The highest BCUT2D eigenvalue weighted by Crippen LogP contribution is 2.51. The maximum absolute atomic E-state index is 13.7. The molecular weight excluding hydrogens is 861 g/mol. The molecule has 0 aromatic heterocycles. The van der Waals surface area contributed by atoms with Crippen LogP contribution in [0.15, 0.2) is 107 Å². The van der Waals surface area contributed by atoms with Crippen molar-refractivity contribution in [3.8, 4) is 0 Å². The summed E-state index contributed by atoms with van der Waals surface area (Å²) in [7, 11) is -7.08. The second-order valence-corrected chi connectivity index (χ2v) is 23.2. The predicted octanol–water partition coefficient (Wildman–Crippen LogP) is 13.1. The van der Waals surface area contributed by atoms with Gasteiger partial charge >= 0.3 is 0 Å². The molecule has 6 atom stereocenters. The Labute approximate surface area is 399 Å². The number of aliphatic hydroxyl groups excluding tert-OH is 2. The number of sulfone groups is 2. The molecule has 0 radical (unpaired) electrons. The van der Waals surface area contributed by atoms with Gasteiger partial charge in [-0.15, -0.1) is 0 Å². The van der Waals surface area contributed by atoms with E-state index < -0.39 is 42.7 Å². The van der Waals surface area contributed by atoms with Crippen LogP contribution in [0.3, 0.4) is 0 Å². The van der Waals surface area contributed by atoms with E-state index in [1.54, 1.807) is 12.1 Å². The van der Waals surface area contributed by atoms with Crippen molar-refractivity contribution in [3.63, 3.8) is 0 Å². The first kappa shape index (κ1) is 53.3. The second kappa shape index (κ2) is 25.1. The number of unbranched alkanes of at least 4 members (excludes halogenated alkanes) is 8. The van der Waals surface area contributed by atoms with Gasteiger partial charge in [0.2, 0.25) is 0 Å². The zero-order chi connectivity index (χ0) is 47.8. The Kier molecular flexibility index (Phi) is 20.2. The molecule has 0 aliphatic carbocycles. The Morgan fingerprint density at radius 1 is 0.485 bits per heavy atom. The number of aliphatic hydroxyl groups is 2. The van der Waals surface area contributed by atoms with Gasteiger partial charge in [-0.3, -0.25) is 0 Å². The summed E-state index contributed by atoms with van der Waals surface area (Å²) in [5, 5.41) is 30.8. The lowest BCUT2D eigenvalue weighted by molar-refractivity contribution is 0.0173. The lowest BCUT2D eigenvalue weighted by atomic mass is 9.69. The van der Waals surface area contributed by atoms with Crippen LogP contribution in [0.5, 0.6) is 0 Å². The van der Waals surface area contributed by atoms with Crippen LogP contribution in [0, 0.1) is 10.8 Å². The normalized spacial score (nSPS) is 24.1. The van der Waals surface area contributed by atoms with Gasteiger partial charge in [0.1, 0.15) is 0 Å². The van der Waals surface area contributed by atoms with Crippen molar-refractivity contribution in [2.45, 2.75) is 178 Å². The fourth-order valence-corrected chi connectivity index (χ4v) is 15.1. The molecule has 6 rings (SSSR count). The van der Waals surface area contributed by atoms with Gasteiger partial charge in [0, 0.05) is 47.1 Å². The number of hydrogen-bond acceptors (Lipinski definition) is 8. The maximum Gasteiger partial charge on any atom is 0.179 e. The molecule has 2 heterocycles. The van der Waals surface area contributed by atoms with E-state index in [4.69, 9.17) is 0 Å². The fourth-order valence-electron chi connectivity index (χ4n) is 10.6. The smallest absolute Gasteiger partial charge is 0.179 e. The van der Waals surface area contributed by atoms with Crippen LogP contribution in [-0.4, -0.2) is 63.9 Å². The summed E-state index contributed by atoms with van der Waals surface area (Å²) in [6, 6.07) is 31.1. The van der Waals surface area contributed by atoms with Crippen LogP contribution >= 0.6 is 0 Å². The minimum Gasteiger partial charge on any atom is -0.392 e. The first-order valence-electron chi connectivity index (χ1n) is 25.4. The van der Waals surface area contributed by atoms with Gasteiger partial charge in [-0.25, -0.2) is 16.8 Å². The van der Waals surface area contributed by atoms with Crippen LogP contribution in [0.25, 0.3) is 0 Å². The number of benzene rings is 4. The van der Waals surface area contributed by atoms with Crippen molar-refractivity contribution in [3.05, 3.63) is 119 Å². The van der Waals surface area contributed by atoms with Gasteiger partial charge in [0.05, 0.1) is 33.5 Å². The van der Waals surface area contributed by atoms with Crippen LogP contribution in [0.4, 0.5) is 11.4 Å². The molecule has 0 bridgehead atoms. The highest BCUT2D eigenvalue weighted by Gasteiger charge is 2.50. The average molecular weight is 943 g/mol. The van der Waals surface area contributed by atoms with Crippen LogP contribution < -0.4 is 10.6 Å². The standard InChI is InChI=1S/2C28H41NO3S/c2*1-4-7-9-13-19-29-23-16-17-25-24(20-23)26(22-14-11-10-12-15-22)27(30)28(6-3,18-8-5-2)21-33(25,31)32/h2*10-12,14-17,20,26-27,29-30H,4-9,13,18-19,21H2,1-3H3/t26?,27-,28-;26-,27-,28+/m10/s1. The maximum atomic E-state index is 13.7. The molecule has 0 saturated heterocycles. The van der Waals surface area contributed by atoms with E-state index >= 15 is 0 Å². The third-order valence-corrected chi connectivity index (χ3v) is 18.7. The number of hydrogen-bond donors (Lipinski definition) is 4. The Balaban J connectivity index is 0.000000247. The van der Waals surface area contributed by atoms with Crippen molar-refractivity contribution in [2.75, 3.05) is 35.2 Å². The van der Waals surface area contributed by atoms with E-state index in [9.17, 15) is 27.0 Å². The topological polar surface area (TPSA) is 133 Å². The second-order valence-electron chi connectivity index (χ2n) is 19.3. The zero-order valence-electron chi connectivity index (χ0n) is 41.0. The van der Waals surface area contributed by atoms with Gasteiger partial charge in [-0.2, -0.15) is 0 Å². The monoisotopic (exact) mass is 943 g/mol. The van der Waals surface area contributed by atoms with Gasteiger partial charge in [-0.1, -0.05) is 166 Å². The fraction of sp³-hybridized carbons (Fsp3) is 0.571. The molecule has 364 valence electrons. The van der Waals surface area contributed by atoms with E-state index in [1.165, 1.54) is 38.5 Å². The predicted molar refractivity (Wildman–Crippen MR) is 275 cm³/mol. The Morgan fingerprint density at radius 2 is 0.848 bits per heavy atom. The number of anilines is 2. The van der Waals surface area contributed by atoms with E-state index in [-0.39, 0.29) is 23.3 Å². The molecule has 4 N–H and O–H groups in total. The highest BCUT2D eigenvalue weighted by atomic mass is 32.2. The molecule has 1 unspecified atom stereocenters. The summed E-state index contributed by atoms with van der Waals surface area (Å²) in [5.41, 5.74) is 3.90. The van der Waals surface area contributed by atoms with E-state index in [1.807, 2.05) is 98.8 Å². The molecule has 8 nitrogen and oxygen atoms in total. The largest absolute Gasteiger partial charge is 0.392 e. The molecule has 66 heavy (non-hydrogen) atoms. The van der Waals surface area contributed by atoms with E-state index in [2.05, 4.69) is 38.3 Å². The zero-order valence-corrected chi connectivity index (χ0v) is 42.7. The molecule has 2 aliphatic heterocycles. The molecule has 0 saturated carbocycles. The van der Waals surface area contributed by atoms with Gasteiger partial charge in [0.25, 0.3) is 0 Å². The lowest BCUT2D eigenvalue weighted by Gasteiger charge is -2.39. The molecule has 4 aromatic carbocycles. The molecule has 0 spiro atoms. The van der Waals surface area contributed by atoms with Crippen molar-refractivity contribution >= 4 is 31.0 Å². The Hall–Kier alpha value is -3.70. The number of nitrogens with one attached hydrogen (secondary N) is 2. The minimum atomic E-state index is -3.54. The third kappa shape index (κ3) is 12.9. The van der Waals surface area contributed by atoms with Crippen molar-refractivity contribution in [2.24, 2.45) is 10.8 Å². The summed E-state index contributed by atoms with van der Waals surface area (Å²) < 4.78 is 54.7. The molecule has 10 heteroatoms. The van der Waals surface area contributed by atoms with Gasteiger partial charge < -0.3 is 20.8 Å². The summed E-state index contributed by atoms with van der Waals surface area (Å²) in [6.07, 6.45) is 14.3. The highest BCUT2D eigenvalue weighted by molar-refractivity contribution is 7.91. The molecule has 4 aromatic rings. The molecule has 2 aliphatic rings. The quantitative estimate of drug-likeness (QED) is 0.0573. The average Bonchev–Trinajstić information content (AvgIpc) is 3.44. The summed E-state index contributed by atoms with van der Waals surface area (Å²) in [6.45, 7) is 14.4. The summed E-state index contributed by atoms with van der Waals surface area (Å²) in [4.78, 5) is 0.748. The van der Waals surface area contributed by atoms with E-state index in [0.717, 1.165) is 85.2 Å². The first-order valence-corrected chi connectivity index (χ1v) is 28.7. The van der Waals surface area contributed by atoms with E-state index in [0.29, 0.717) is 35.5 Å². The van der Waals surface area contributed by atoms with Gasteiger partial charge in [0.15, 0.2) is 19.7 Å². The number of rotatable bonds is 22. The number of fused-ring (bicyclic) bond motifs is 2. The minimum absolute atomic E-state index is 0.00219. The van der Waals surface area contributed by atoms with Crippen LogP contribution in [-0.2, 0) is 19.7 Å². The van der Waals surface area contributed by atoms with Crippen LogP contribution in [0.2, 0.25) is 0 Å². The molecule has 0 amide bonds. The van der Waals surface area contributed by atoms with Crippen molar-refractivity contribution in [1.29, 1.82) is 0 Å². The van der Waals surface area contributed by atoms with Crippen molar-refractivity contribution < 1.29 is 27.0 Å². The summed E-state index contributed by atoms with van der Waals surface area (Å²) >= 11 is 0. The lowest BCUT2D eigenvalue weighted by Crippen LogP contribution is -2.42. The third-order valence-electron chi connectivity index (χ3n) is 14.7. The van der Waals surface area contributed by atoms with Crippen LogP contribution in [0.1, 0.15) is 178 Å². The summed E-state index contributed by atoms with van der Waals surface area (Å²) in [5.74, 6) is -0.760. The molecular formula is C56H82N2O6S2.